The van der Waals surface area contributed by atoms with Crippen LogP contribution in [0.1, 0.15) is 25.8 Å². The van der Waals surface area contributed by atoms with Crippen LogP contribution in [0.4, 0.5) is 0 Å². The Kier molecular flexibility index (Phi) is 4.37. The Hall–Kier alpha value is -1.35. The summed E-state index contributed by atoms with van der Waals surface area (Å²) in [7, 11) is 0. The van der Waals surface area contributed by atoms with Gasteiger partial charge < -0.3 is 4.74 Å². The topological polar surface area (TPSA) is 29.5 Å². The van der Waals surface area contributed by atoms with Crippen molar-refractivity contribution in [2.24, 2.45) is 5.92 Å². The van der Waals surface area contributed by atoms with Crippen LogP contribution in [0, 0.1) is 5.92 Å². The summed E-state index contributed by atoms with van der Waals surface area (Å²) in [6.45, 7) is 6.25. The average Bonchev–Trinajstić information content (AvgIpc) is 2.72. The highest BCUT2D eigenvalue weighted by Crippen LogP contribution is 2.26. The highest BCUT2D eigenvalue weighted by molar-refractivity contribution is 5.76. The van der Waals surface area contributed by atoms with E-state index in [0.29, 0.717) is 12.5 Å². The van der Waals surface area contributed by atoms with Crippen LogP contribution in [0.25, 0.3) is 0 Å². The third kappa shape index (κ3) is 2.91. The molecule has 3 nitrogen and oxygen atoms in total. The van der Waals surface area contributed by atoms with E-state index in [-0.39, 0.29) is 12.0 Å². The maximum Gasteiger partial charge on any atom is 0.323 e. The molecule has 1 heterocycles. The molecule has 2 atom stereocenters. The largest absolute Gasteiger partial charge is 0.465 e. The molecular weight excluding hydrogens is 226 g/mol. The molecule has 0 unspecified atom stereocenters. The monoisotopic (exact) mass is 247 g/mol. The Morgan fingerprint density at radius 1 is 1.39 bits per heavy atom. The molecule has 1 fully saturated rings. The Labute approximate surface area is 109 Å². The second kappa shape index (κ2) is 6.01. The second-order valence-electron chi connectivity index (χ2n) is 4.92. The van der Waals surface area contributed by atoms with Crippen molar-refractivity contribution in [2.75, 3.05) is 13.2 Å². The molecule has 0 N–H and O–H groups in total. The van der Waals surface area contributed by atoms with Crippen LogP contribution in [0.5, 0.6) is 0 Å². The molecule has 1 saturated heterocycles. The molecule has 0 spiro atoms. The van der Waals surface area contributed by atoms with Crippen molar-refractivity contribution in [3.63, 3.8) is 0 Å². The predicted octanol–water partition coefficient (Wildman–Crippen LogP) is 2.46. The van der Waals surface area contributed by atoms with Crippen molar-refractivity contribution in [1.82, 2.24) is 4.90 Å². The van der Waals surface area contributed by atoms with Gasteiger partial charge in [0.25, 0.3) is 0 Å². The molecule has 0 bridgehead atoms. The van der Waals surface area contributed by atoms with Crippen LogP contribution < -0.4 is 0 Å². The lowest BCUT2D eigenvalue weighted by Gasteiger charge is -2.25. The average molecular weight is 247 g/mol. The van der Waals surface area contributed by atoms with Gasteiger partial charge in [-0.15, -0.1) is 0 Å². The Morgan fingerprint density at radius 3 is 2.78 bits per heavy atom. The molecule has 0 amide bonds. The van der Waals surface area contributed by atoms with Crippen molar-refractivity contribution in [2.45, 2.75) is 32.9 Å². The fourth-order valence-electron chi connectivity index (χ4n) is 2.63. The van der Waals surface area contributed by atoms with Gasteiger partial charge in [-0.3, -0.25) is 9.69 Å². The molecule has 0 aromatic heterocycles. The third-order valence-electron chi connectivity index (χ3n) is 3.56. The summed E-state index contributed by atoms with van der Waals surface area (Å²) in [4.78, 5) is 14.2. The normalized spacial score (nSPS) is 24.1. The van der Waals surface area contributed by atoms with Gasteiger partial charge in [0, 0.05) is 6.54 Å². The minimum atomic E-state index is -0.0786. The lowest BCUT2D eigenvalue weighted by molar-refractivity contribution is -0.149. The zero-order chi connectivity index (χ0) is 13.0. The first-order valence-corrected chi connectivity index (χ1v) is 6.67. The molecule has 98 valence electrons. The van der Waals surface area contributed by atoms with Crippen LogP contribution in [-0.4, -0.2) is 30.1 Å². The molecule has 1 aromatic carbocycles. The number of likely N-dealkylation sites (tertiary alicyclic amines) is 1. The molecule has 18 heavy (non-hydrogen) atoms. The number of rotatable bonds is 4. The maximum absolute atomic E-state index is 12.0. The van der Waals surface area contributed by atoms with Gasteiger partial charge in [-0.25, -0.2) is 0 Å². The van der Waals surface area contributed by atoms with Crippen LogP contribution >= 0.6 is 0 Å². The number of ether oxygens (including phenoxy) is 1. The van der Waals surface area contributed by atoms with Gasteiger partial charge in [0.1, 0.15) is 6.04 Å². The SMILES string of the molecule is CCOC(=O)[C@@H]1[C@H](C)CCN1Cc1ccccc1. The van der Waals surface area contributed by atoms with E-state index in [9.17, 15) is 4.79 Å². The number of hydrogen-bond acceptors (Lipinski definition) is 3. The standard InChI is InChI=1S/C15H21NO2/c1-3-18-15(17)14-12(2)9-10-16(14)11-13-7-5-4-6-8-13/h4-8,12,14H,3,9-11H2,1-2H3/t12-,14+/m1/s1. The molecule has 3 heteroatoms. The van der Waals surface area contributed by atoms with Crippen molar-refractivity contribution in [3.8, 4) is 0 Å². The quantitative estimate of drug-likeness (QED) is 0.765. The number of nitrogens with zero attached hydrogens (tertiary/aromatic N) is 1. The van der Waals surface area contributed by atoms with E-state index < -0.39 is 0 Å². The molecule has 1 aliphatic rings. The first kappa shape index (κ1) is 13.1. The maximum atomic E-state index is 12.0. The van der Waals surface area contributed by atoms with E-state index >= 15 is 0 Å². The van der Waals surface area contributed by atoms with E-state index in [1.54, 1.807) is 0 Å². The molecular formula is C15H21NO2. The van der Waals surface area contributed by atoms with Gasteiger partial charge >= 0.3 is 5.97 Å². The van der Waals surface area contributed by atoms with E-state index in [1.807, 2.05) is 25.1 Å². The summed E-state index contributed by atoms with van der Waals surface area (Å²) in [5.74, 6) is 0.311. The van der Waals surface area contributed by atoms with Crippen molar-refractivity contribution >= 4 is 5.97 Å². The molecule has 2 rings (SSSR count). The lowest BCUT2D eigenvalue weighted by atomic mass is 10.0. The summed E-state index contributed by atoms with van der Waals surface area (Å²) in [5.41, 5.74) is 1.25. The van der Waals surface area contributed by atoms with Crippen molar-refractivity contribution in [1.29, 1.82) is 0 Å². The lowest BCUT2D eigenvalue weighted by Crippen LogP contribution is -2.39. The van der Waals surface area contributed by atoms with Gasteiger partial charge in [0.2, 0.25) is 0 Å². The summed E-state index contributed by atoms with van der Waals surface area (Å²) < 4.78 is 5.18. The number of carbonyl (C=O) groups excluding carboxylic acids is 1. The molecule has 1 aromatic rings. The zero-order valence-electron chi connectivity index (χ0n) is 11.1. The number of esters is 1. The van der Waals surface area contributed by atoms with Crippen molar-refractivity contribution in [3.05, 3.63) is 35.9 Å². The second-order valence-corrected chi connectivity index (χ2v) is 4.92. The molecule has 0 aliphatic carbocycles. The van der Waals surface area contributed by atoms with Crippen molar-refractivity contribution < 1.29 is 9.53 Å². The Morgan fingerprint density at radius 2 is 2.11 bits per heavy atom. The zero-order valence-corrected chi connectivity index (χ0v) is 11.1. The number of benzene rings is 1. The van der Waals surface area contributed by atoms with Gasteiger partial charge in [-0.2, -0.15) is 0 Å². The van der Waals surface area contributed by atoms with Crippen LogP contribution in [-0.2, 0) is 16.1 Å². The number of carbonyl (C=O) groups is 1. The summed E-state index contributed by atoms with van der Waals surface area (Å²) >= 11 is 0. The van der Waals surface area contributed by atoms with Gasteiger partial charge in [-0.1, -0.05) is 37.3 Å². The molecule has 0 saturated carbocycles. The van der Waals surface area contributed by atoms with Gasteiger partial charge in [-0.05, 0) is 31.4 Å². The summed E-state index contributed by atoms with van der Waals surface area (Å²) in [6.07, 6.45) is 1.07. The first-order chi connectivity index (χ1) is 8.72. The highest BCUT2D eigenvalue weighted by Gasteiger charge is 2.37. The Bertz CT molecular complexity index is 391. The van der Waals surface area contributed by atoms with E-state index in [0.717, 1.165) is 19.5 Å². The minimum absolute atomic E-state index is 0.0709. The molecule has 0 radical (unpaired) electrons. The van der Waals surface area contributed by atoms with E-state index in [4.69, 9.17) is 4.74 Å². The Balaban J connectivity index is 2.05. The van der Waals surface area contributed by atoms with E-state index in [2.05, 4.69) is 24.0 Å². The number of hydrogen-bond donors (Lipinski definition) is 0. The van der Waals surface area contributed by atoms with E-state index in [1.165, 1.54) is 5.56 Å². The van der Waals surface area contributed by atoms with Gasteiger partial charge in [0.15, 0.2) is 0 Å². The highest BCUT2D eigenvalue weighted by atomic mass is 16.5. The summed E-state index contributed by atoms with van der Waals surface area (Å²) in [5, 5.41) is 0. The van der Waals surface area contributed by atoms with Crippen LogP contribution in [0.2, 0.25) is 0 Å². The fraction of sp³-hybridized carbons (Fsp3) is 0.533. The fourth-order valence-corrected chi connectivity index (χ4v) is 2.63. The smallest absolute Gasteiger partial charge is 0.323 e. The predicted molar refractivity (Wildman–Crippen MR) is 71.1 cm³/mol. The first-order valence-electron chi connectivity index (χ1n) is 6.67. The third-order valence-corrected chi connectivity index (χ3v) is 3.56. The van der Waals surface area contributed by atoms with Crippen LogP contribution in [0.15, 0.2) is 30.3 Å². The van der Waals surface area contributed by atoms with Gasteiger partial charge in [0.05, 0.1) is 6.61 Å². The minimum Gasteiger partial charge on any atom is -0.465 e. The summed E-state index contributed by atoms with van der Waals surface area (Å²) in [6, 6.07) is 10.2. The van der Waals surface area contributed by atoms with Crippen LogP contribution in [0.3, 0.4) is 0 Å². The molecule has 1 aliphatic heterocycles.